The lowest BCUT2D eigenvalue weighted by Gasteiger charge is -2.22. The van der Waals surface area contributed by atoms with E-state index in [2.05, 4.69) is 20.4 Å². The zero-order valence-corrected chi connectivity index (χ0v) is 17.5. The number of carbonyl (C=O) groups excluding carboxylic acids is 1. The van der Waals surface area contributed by atoms with E-state index in [0.29, 0.717) is 29.0 Å². The average molecular weight is 443 g/mol. The van der Waals surface area contributed by atoms with Gasteiger partial charge >= 0.3 is 0 Å². The van der Waals surface area contributed by atoms with Gasteiger partial charge in [0.1, 0.15) is 11.1 Å². The van der Waals surface area contributed by atoms with E-state index < -0.39 is 5.91 Å². The van der Waals surface area contributed by atoms with Gasteiger partial charge in [-0.05, 0) is 43.4 Å². The summed E-state index contributed by atoms with van der Waals surface area (Å²) in [5, 5.41) is 16.5. The fourth-order valence-corrected chi connectivity index (χ4v) is 3.63. The molecule has 3 N–H and O–H groups in total. The second-order valence-corrected chi connectivity index (χ2v) is 7.82. The van der Waals surface area contributed by atoms with Gasteiger partial charge in [0.2, 0.25) is 11.8 Å². The van der Waals surface area contributed by atoms with Gasteiger partial charge in [-0.3, -0.25) is 14.7 Å². The maximum Gasteiger partial charge on any atom is 0.274 e. The third-order valence-electron chi connectivity index (χ3n) is 5.09. The van der Waals surface area contributed by atoms with E-state index in [9.17, 15) is 4.79 Å². The Morgan fingerprint density at radius 1 is 1.19 bits per heavy atom. The zero-order valence-electron chi connectivity index (χ0n) is 16.8. The van der Waals surface area contributed by atoms with Crippen LogP contribution in [-0.4, -0.2) is 37.0 Å². The van der Waals surface area contributed by atoms with Crippen molar-refractivity contribution in [3.05, 3.63) is 59.0 Å². The Bertz CT molecular complexity index is 1030. The number of nitrogens with one attached hydrogen (secondary N) is 2. The minimum atomic E-state index is -0.549. The molecule has 31 heavy (non-hydrogen) atoms. The van der Waals surface area contributed by atoms with E-state index >= 15 is 0 Å². The average Bonchev–Trinajstić information content (AvgIpc) is 3.23. The first-order valence-electron chi connectivity index (χ1n) is 10.1. The number of halogens is 1. The molecule has 0 unspecified atom stereocenters. The van der Waals surface area contributed by atoms with Crippen LogP contribution in [0, 0.1) is 0 Å². The van der Waals surface area contributed by atoms with Crippen LogP contribution in [0.1, 0.15) is 48.0 Å². The number of amides is 1. The molecule has 10 heteroatoms. The molecule has 0 spiro atoms. The molecule has 0 atom stereocenters. The van der Waals surface area contributed by atoms with Gasteiger partial charge in [-0.25, -0.2) is 10.5 Å². The van der Waals surface area contributed by atoms with Crippen LogP contribution in [-0.2, 0) is 6.54 Å². The van der Waals surface area contributed by atoms with Gasteiger partial charge in [0.15, 0.2) is 0 Å². The molecule has 3 aromatic rings. The van der Waals surface area contributed by atoms with Crippen molar-refractivity contribution in [1.82, 2.24) is 25.2 Å². The summed E-state index contributed by atoms with van der Waals surface area (Å²) in [5.74, 6) is 0.228. The summed E-state index contributed by atoms with van der Waals surface area (Å²) in [6.07, 6.45) is 10.8. The molecule has 2 aromatic heterocycles. The molecule has 9 nitrogen and oxygen atoms in total. The number of hydrogen-bond acceptors (Lipinski definition) is 7. The number of hydrogen-bond donors (Lipinski definition) is 3. The Labute approximate surface area is 184 Å². The van der Waals surface area contributed by atoms with Crippen molar-refractivity contribution in [2.24, 2.45) is 0 Å². The van der Waals surface area contributed by atoms with Crippen LogP contribution in [0.15, 0.2) is 42.9 Å². The van der Waals surface area contributed by atoms with Gasteiger partial charge in [0.05, 0.1) is 24.6 Å². The standard InChI is InChI=1S/C21H23ClN6O3/c22-18-11-23-21(26-20(18)31-17-4-2-1-3-5-17)25-16-10-24-28(13-16)12-14-6-8-15(9-7-14)19(29)27-30/h6-11,13,17,30H,1-5,12H2,(H,27,29)(H,23,25,26). The lowest BCUT2D eigenvalue weighted by atomic mass is 9.98. The summed E-state index contributed by atoms with van der Waals surface area (Å²) < 4.78 is 7.74. The van der Waals surface area contributed by atoms with Gasteiger partial charge in [-0.1, -0.05) is 30.2 Å². The molecule has 1 fully saturated rings. The van der Waals surface area contributed by atoms with Crippen LogP contribution >= 0.6 is 11.6 Å². The van der Waals surface area contributed by atoms with Crippen LogP contribution in [0.25, 0.3) is 0 Å². The van der Waals surface area contributed by atoms with Crippen molar-refractivity contribution in [1.29, 1.82) is 0 Å². The second-order valence-electron chi connectivity index (χ2n) is 7.41. The number of hydroxylamine groups is 1. The molecule has 1 aliphatic rings. The second kappa shape index (κ2) is 9.76. The van der Waals surface area contributed by atoms with Crippen LogP contribution in [0.5, 0.6) is 5.88 Å². The molecule has 0 aliphatic heterocycles. The van der Waals surface area contributed by atoms with E-state index in [0.717, 1.165) is 36.9 Å². The molecule has 1 aromatic carbocycles. The largest absolute Gasteiger partial charge is 0.473 e. The van der Waals surface area contributed by atoms with Crippen molar-refractivity contribution in [3.63, 3.8) is 0 Å². The molecule has 4 rings (SSSR count). The smallest absolute Gasteiger partial charge is 0.274 e. The number of anilines is 2. The fourth-order valence-electron chi connectivity index (χ4n) is 3.49. The summed E-state index contributed by atoms with van der Waals surface area (Å²) in [6.45, 7) is 0.514. The molecule has 0 radical (unpaired) electrons. The minimum Gasteiger partial charge on any atom is -0.473 e. The lowest BCUT2D eigenvalue weighted by Crippen LogP contribution is -2.20. The van der Waals surface area contributed by atoms with Gasteiger partial charge < -0.3 is 10.1 Å². The van der Waals surface area contributed by atoms with E-state index in [-0.39, 0.29) is 6.10 Å². The van der Waals surface area contributed by atoms with Crippen LogP contribution in [0.3, 0.4) is 0 Å². The molecule has 1 aliphatic carbocycles. The highest BCUT2D eigenvalue weighted by atomic mass is 35.5. The maximum absolute atomic E-state index is 11.4. The fraction of sp³-hybridized carbons (Fsp3) is 0.333. The Hall–Kier alpha value is -3.17. The van der Waals surface area contributed by atoms with Gasteiger partial charge in [-0.15, -0.1) is 0 Å². The quantitative estimate of drug-likeness (QED) is 0.375. The SMILES string of the molecule is O=C(NO)c1ccc(Cn2cc(Nc3ncc(Cl)c(OC4CCCCC4)n3)cn2)cc1. The number of carbonyl (C=O) groups is 1. The topological polar surface area (TPSA) is 114 Å². The third kappa shape index (κ3) is 5.50. The van der Waals surface area contributed by atoms with Crippen molar-refractivity contribution in [2.45, 2.75) is 44.8 Å². The Morgan fingerprint density at radius 3 is 2.71 bits per heavy atom. The van der Waals surface area contributed by atoms with Crippen molar-refractivity contribution in [3.8, 4) is 5.88 Å². The van der Waals surface area contributed by atoms with Crippen LogP contribution in [0.2, 0.25) is 5.02 Å². The van der Waals surface area contributed by atoms with Crippen molar-refractivity contribution in [2.75, 3.05) is 5.32 Å². The van der Waals surface area contributed by atoms with E-state index in [1.54, 1.807) is 40.6 Å². The van der Waals surface area contributed by atoms with Crippen molar-refractivity contribution >= 4 is 29.1 Å². The Kier molecular flexibility index (Phi) is 6.63. The van der Waals surface area contributed by atoms with E-state index in [1.807, 2.05) is 6.20 Å². The number of benzene rings is 1. The first kappa shape index (κ1) is 21.1. The zero-order chi connectivity index (χ0) is 21.6. The highest BCUT2D eigenvalue weighted by Gasteiger charge is 2.18. The predicted octanol–water partition coefficient (Wildman–Crippen LogP) is 3.95. The Balaban J connectivity index is 1.39. The minimum absolute atomic E-state index is 0.145. The van der Waals surface area contributed by atoms with E-state index in [4.69, 9.17) is 21.5 Å². The monoisotopic (exact) mass is 442 g/mol. The summed E-state index contributed by atoms with van der Waals surface area (Å²) in [6, 6.07) is 6.88. The van der Waals surface area contributed by atoms with Gasteiger partial charge in [-0.2, -0.15) is 10.1 Å². The van der Waals surface area contributed by atoms with Crippen LogP contribution in [0.4, 0.5) is 11.6 Å². The Morgan fingerprint density at radius 2 is 1.97 bits per heavy atom. The number of rotatable bonds is 7. The highest BCUT2D eigenvalue weighted by Crippen LogP contribution is 2.28. The molecule has 0 bridgehead atoms. The first-order chi connectivity index (χ1) is 15.1. The van der Waals surface area contributed by atoms with Gasteiger partial charge in [0, 0.05) is 11.8 Å². The maximum atomic E-state index is 11.4. The molecule has 1 amide bonds. The number of aromatic nitrogens is 4. The summed E-state index contributed by atoms with van der Waals surface area (Å²) >= 11 is 6.22. The lowest BCUT2D eigenvalue weighted by molar-refractivity contribution is 0.0706. The predicted molar refractivity (Wildman–Crippen MR) is 115 cm³/mol. The molecule has 2 heterocycles. The number of ether oxygens (including phenoxy) is 1. The summed E-state index contributed by atoms with van der Waals surface area (Å²) in [5.41, 5.74) is 3.67. The summed E-state index contributed by atoms with van der Waals surface area (Å²) in [7, 11) is 0. The third-order valence-corrected chi connectivity index (χ3v) is 5.35. The molecule has 162 valence electrons. The highest BCUT2D eigenvalue weighted by molar-refractivity contribution is 6.31. The van der Waals surface area contributed by atoms with E-state index in [1.165, 1.54) is 12.6 Å². The first-order valence-corrected chi connectivity index (χ1v) is 10.5. The molecule has 0 saturated heterocycles. The molecular formula is C21H23ClN6O3. The number of nitrogens with zero attached hydrogens (tertiary/aromatic N) is 4. The molecule has 1 saturated carbocycles. The summed E-state index contributed by atoms with van der Waals surface area (Å²) in [4.78, 5) is 20.0. The van der Waals surface area contributed by atoms with Gasteiger partial charge in [0.25, 0.3) is 5.91 Å². The van der Waals surface area contributed by atoms with Crippen molar-refractivity contribution < 1.29 is 14.7 Å². The normalized spacial score (nSPS) is 14.3. The molecular weight excluding hydrogens is 420 g/mol. The van der Waals surface area contributed by atoms with Crippen LogP contribution < -0.4 is 15.5 Å².